The fourth-order valence-electron chi connectivity index (χ4n) is 0.722. The summed E-state index contributed by atoms with van der Waals surface area (Å²) in [6, 6.07) is 0.769. The Morgan fingerprint density at radius 1 is 1.44 bits per heavy atom. The van der Waals surface area contributed by atoms with Crippen molar-refractivity contribution >= 4 is 24.8 Å². The van der Waals surface area contributed by atoms with Crippen molar-refractivity contribution in [2.24, 2.45) is 0 Å². The zero-order valence-electron chi connectivity index (χ0n) is 5.52. The normalized spacial score (nSPS) is 17.0. The molecule has 1 saturated heterocycles. The molecule has 2 N–H and O–H groups in total. The van der Waals surface area contributed by atoms with E-state index >= 15 is 0 Å². The molecule has 0 aromatic heterocycles. The molecule has 1 aliphatic heterocycles. The highest BCUT2D eigenvalue weighted by Gasteiger charge is 2.13. The van der Waals surface area contributed by atoms with Crippen LogP contribution in [0.5, 0.6) is 0 Å². The van der Waals surface area contributed by atoms with E-state index in [-0.39, 0.29) is 24.8 Å². The van der Waals surface area contributed by atoms with Crippen LogP contribution in [-0.4, -0.2) is 25.7 Å². The fourth-order valence-corrected chi connectivity index (χ4v) is 0.722. The highest BCUT2D eigenvalue weighted by atomic mass is 35.5. The van der Waals surface area contributed by atoms with Crippen LogP contribution in [0.4, 0.5) is 0 Å². The molecule has 0 bridgehead atoms. The smallest absolute Gasteiger partial charge is 0.0317 e. The summed E-state index contributed by atoms with van der Waals surface area (Å²) in [6.07, 6.45) is 0. The average Bonchev–Trinajstić information content (AvgIpc) is 1.55. The Morgan fingerprint density at radius 2 is 2.00 bits per heavy atom. The van der Waals surface area contributed by atoms with E-state index in [2.05, 4.69) is 17.6 Å². The third-order valence-electron chi connectivity index (χ3n) is 1.27. The maximum Gasteiger partial charge on any atom is 0.0317 e. The van der Waals surface area contributed by atoms with Crippen LogP contribution in [0.15, 0.2) is 0 Å². The van der Waals surface area contributed by atoms with E-state index in [0.717, 1.165) is 25.7 Å². The Kier molecular flexibility index (Phi) is 8.97. The van der Waals surface area contributed by atoms with Gasteiger partial charge in [0, 0.05) is 19.1 Å². The molecule has 1 rings (SSSR count). The molecule has 0 unspecified atom stereocenters. The predicted molar refractivity (Wildman–Crippen MR) is 44.8 cm³/mol. The summed E-state index contributed by atoms with van der Waals surface area (Å²) in [7, 11) is 0. The number of hydrogen-bond acceptors (Lipinski definition) is 2. The number of likely N-dealkylation sites (N-methyl/N-ethyl adjacent to an activating group) is 1. The molecule has 1 aliphatic rings. The Morgan fingerprint density at radius 3 is 2.11 bits per heavy atom. The Balaban J connectivity index is 0. The quantitative estimate of drug-likeness (QED) is 0.632. The van der Waals surface area contributed by atoms with Crippen LogP contribution in [0, 0.1) is 0 Å². The molecule has 0 saturated carbocycles. The third-order valence-corrected chi connectivity index (χ3v) is 1.27. The van der Waals surface area contributed by atoms with Crippen molar-refractivity contribution in [3.05, 3.63) is 0 Å². The first-order valence-electron chi connectivity index (χ1n) is 2.87. The van der Waals surface area contributed by atoms with Gasteiger partial charge in [-0.1, -0.05) is 6.92 Å². The van der Waals surface area contributed by atoms with Gasteiger partial charge in [-0.2, -0.15) is 0 Å². The minimum absolute atomic E-state index is 0. The highest BCUT2D eigenvalue weighted by Crippen LogP contribution is 1.87. The van der Waals surface area contributed by atoms with Crippen LogP contribution in [0.3, 0.4) is 0 Å². The standard InChI is InChI=1S/C5H12N2.2ClH/c1-2-7-5-3-6-4-5;;/h5-7H,2-4H2,1H3;2*1H. The van der Waals surface area contributed by atoms with Crippen LogP contribution in [0.1, 0.15) is 6.92 Å². The van der Waals surface area contributed by atoms with Crippen LogP contribution in [0.25, 0.3) is 0 Å². The van der Waals surface area contributed by atoms with Crippen molar-refractivity contribution in [2.75, 3.05) is 19.6 Å². The summed E-state index contributed by atoms with van der Waals surface area (Å²) in [5, 5.41) is 6.50. The molecular formula is C5H14Cl2N2. The SMILES string of the molecule is CCNC1CNC1.Cl.Cl. The monoisotopic (exact) mass is 172 g/mol. The third kappa shape index (κ3) is 3.98. The molecule has 2 nitrogen and oxygen atoms in total. The zero-order chi connectivity index (χ0) is 5.11. The summed E-state index contributed by atoms with van der Waals surface area (Å²) < 4.78 is 0. The van der Waals surface area contributed by atoms with Crippen LogP contribution < -0.4 is 10.6 Å². The Bertz CT molecular complexity index is 56.9. The molecule has 1 fully saturated rings. The first-order valence-corrected chi connectivity index (χ1v) is 2.87. The molecule has 4 heteroatoms. The average molecular weight is 173 g/mol. The molecule has 0 atom stereocenters. The second-order valence-electron chi connectivity index (χ2n) is 1.91. The van der Waals surface area contributed by atoms with Gasteiger partial charge in [-0.25, -0.2) is 0 Å². The molecule has 0 aromatic rings. The predicted octanol–water partition coefficient (Wildman–Crippen LogP) is 0.411. The minimum atomic E-state index is 0. The second kappa shape index (κ2) is 6.62. The van der Waals surface area contributed by atoms with Crippen molar-refractivity contribution in [2.45, 2.75) is 13.0 Å². The lowest BCUT2D eigenvalue weighted by Gasteiger charge is -2.27. The topological polar surface area (TPSA) is 24.1 Å². The summed E-state index contributed by atoms with van der Waals surface area (Å²) in [5.74, 6) is 0. The number of rotatable bonds is 2. The van der Waals surface area contributed by atoms with E-state index < -0.39 is 0 Å². The van der Waals surface area contributed by atoms with E-state index in [1.54, 1.807) is 0 Å². The lowest BCUT2D eigenvalue weighted by molar-refractivity contribution is 0.374. The van der Waals surface area contributed by atoms with E-state index in [4.69, 9.17) is 0 Å². The van der Waals surface area contributed by atoms with Gasteiger partial charge in [0.15, 0.2) is 0 Å². The van der Waals surface area contributed by atoms with Crippen molar-refractivity contribution in [1.29, 1.82) is 0 Å². The van der Waals surface area contributed by atoms with E-state index in [0.29, 0.717) is 0 Å². The van der Waals surface area contributed by atoms with Crippen LogP contribution in [0.2, 0.25) is 0 Å². The number of hydrogen-bond donors (Lipinski definition) is 2. The maximum atomic E-state index is 3.32. The van der Waals surface area contributed by atoms with E-state index in [1.165, 1.54) is 0 Å². The zero-order valence-corrected chi connectivity index (χ0v) is 7.15. The first kappa shape index (κ1) is 12.2. The number of halogens is 2. The summed E-state index contributed by atoms with van der Waals surface area (Å²) in [4.78, 5) is 0. The van der Waals surface area contributed by atoms with Gasteiger partial charge in [0.1, 0.15) is 0 Å². The van der Waals surface area contributed by atoms with Crippen LogP contribution >= 0.6 is 24.8 Å². The Labute approximate surface area is 68.6 Å². The van der Waals surface area contributed by atoms with Crippen LogP contribution in [-0.2, 0) is 0 Å². The van der Waals surface area contributed by atoms with Gasteiger partial charge >= 0.3 is 0 Å². The maximum absolute atomic E-state index is 3.32. The van der Waals surface area contributed by atoms with Gasteiger partial charge in [-0.3, -0.25) is 0 Å². The first-order chi connectivity index (χ1) is 3.43. The summed E-state index contributed by atoms with van der Waals surface area (Å²) in [5.41, 5.74) is 0. The van der Waals surface area contributed by atoms with Crippen molar-refractivity contribution in [1.82, 2.24) is 10.6 Å². The summed E-state index contributed by atoms with van der Waals surface area (Å²) >= 11 is 0. The van der Waals surface area contributed by atoms with Gasteiger partial charge in [-0.05, 0) is 6.54 Å². The molecule has 58 valence electrons. The van der Waals surface area contributed by atoms with Crippen molar-refractivity contribution in [3.63, 3.8) is 0 Å². The lowest BCUT2D eigenvalue weighted by Crippen LogP contribution is -2.55. The van der Waals surface area contributed by atoms with E-state index in [9.17, 15) is 0 Å². The second-order valence-corrected chi connectivity index (χ2v) is 1.91. The fraction of sp³-hybridized carbons (Fsp3) is 1.00. The van der Waals surface area contributed by atoms with Crippen molar-refractivity contribution in [3.8, 4) is 0 Å². The molecule has 1 heterocycles. The largest absolute Gasteiger partial charge is 0.314 e. The van der Waals surface area contributed by atoms with Gasteiger partial charge in [0.2, 0.25) is 0 Å². The van der Waals surface area contributed by atoms with Gasteiger partial charge in [0.25, 0.3) is 0 Å². The molecule has 0 aliphatic carbocycles. The molecule has 0 radical (unpaired) electrons. The van der Waals surface area contributed by atoms with Gasteiger partial charge < -0.3 is 10.6 Å². The minimum Gasteiger partial charge on any atom is -0.314 e. The molecule has 9 heavy (non-hydrogen) atoms. The molecule has 0 amide bonds. The van der Waals surface area contributed by atoms with Gasteiger partial charge in [0.05, 0.1) is 0 Å². The Hall–Kier alpha value is 0.500. The summed E-state index contributed by atoms with van der Waals surface area (Å²) in [6.45, 7) is 5.56. The highest BCUT2D eigenvalue weighted by molar-refractivity contribution is 5.85. The molecule has 0 spiro atoms. The molecule has 0 aromatic carbocycles. The number of nitrogens with one attached hydrogen (secondary N) is 2. The molecular weight excluding hydrogens is 159 g/mol. The van der Waals surface area contributed by atoms with Crippen molar-refractivity contribution < 1.29 is 0 Å². The lowest BCUT2D eigenvalue weighted by atomic mass is 10.2. The van der Waals surface area contributed by atoms with Gasteiger partial charge in [-0.15, -0.1) is 24.8 Å². The van der Waals surface area contributed by atoms with E-state index in [1.807, 2.05) is 0 Å².